The maximum Gasteiger partial charge on any atom is 0.134 e. The third-order valence-corrected chi connectivity index (χ3v) is 3.20. The molecule has 1 heterocycles. The van der Waals surface area contributed by atoms with Gasteiger partial charge in [0.05, 0.1) is 6.26 Å². The van der Waals surface area contributed by atoms with Crippen LogP contribution in [0.25, 0.3) is 11.0 Å². The maximum absolute atomic E-state index is 5.42. The molecule has 1 unspecified atom stereocenters. The first-order chi connectivity index (χ1) is 7.36. The van der Waals surface area contributed by atoms with E-state index >= 15 is 0 Å². The van der Waals surface area contributed by atoms with Gasteiger partial charge in [0.2, 0.25) is 0 Å². The van der Waals surface area contributed by atoms with Crippen LogP contribution in [0.5, 0.6) is 0 Å². The summed E-state index contributed by atoms with van der Waals surface area (Å²) < 4.78 is 5.42. The molecular weight excluding hydrogens is 186 g/mol. The summed E-state index contributed by atoms with van der Waals surface area (Å²) in [4.78, 5) is 0. The molecule has 2 aromatic rings. The second-order valence-corrected chi connectivity index (χ2v) is 4.24. The quantitative estimate of drug-likeness (QED) is 0.807. The molecule has 2 nitrogen and oxygen atoms in total. The summed E-state index contributed by atoms with van der Waals surface area (Å²) in [5.74, 6) is 0. The van der Waals surface area contributed by atoms with Crippen LogP contribution in [0.2, 0.25) is 0 Å². The molecule has 1 atom stereocenters. The molecule has 0 saturated heterocycles. The van der Waals surface area contributed by atoms with E-state index in [1.807, 2.05) is 6.07 Å². The summed E-state index contributed by atoms with van der Waals surface area (Å²) >= 11 is 0. The minimum Gasteiger partial charge on any atom is -0.464 e. The zero-order valence-electron chi connectivity index (χ0n) is 8.92. The molecule has 0 bridgehead atoms. The maximum atomic E-state index is 5.42. The Balaban J connectivity index is 1.98. The van der Waals surface area contributed by atoms with Crippen molar-refractivity contribution in [3.8, 4) is 0 Å². The van der Waals surface area contributed by atoms with Crippen molar-refractivity contribution in [2.45, 2.75) is 25.8 Å². The number of nitrogens with one attached hydrogen (secondary N) is 1. The third-order valence-electron chi connectivity index (χ3n) is 3.20. The van der Waals surface area contributed by atoms with Crippen LogP contribution >= 0.6 is 0 Å². The average Bonchev–Trinajstić information content (AvgIpc) is 2.78. The van der Waals surface area contributed by atoms with Crippen LogP contribution in [0.3, 0.4) is 0 Å². The van der Waals surface area contributed by atoms with Crippen molar-refractivity contribution in [3.63, 3.8) is 0 Å². The fourth-order valence-electron chi connectivity index (χ4n) is 2.51. The summed E-state index contributed by atoms with van der Waals surface area (Å²) in [7, 11) is 0. The predicted octanol–water partition coefficient (Wildman–Crippen LogP) is 2.51. The Kier molecular flexibility index (Phi) is 2.03. The van der Waals surface area contributed by atoms with Crippen molar-refractivity contribution >= 4 is 11.0 Å². The molecule has 1 aromatic carbocycles. The predicted molar refractivity (Wildman–Crippen MR) is 61.1 cm³/mol. The summed E-state index contributed by atoms with van der Waals surface area (Å²) in [6.45, 7) is 3.21. The zero-order valence-corrected chi connectivity index (χ0v) is 8.92. The Bertz CT molecular complexity index is 446. The molecule has 1 N–H and O–H groups in total. The molecule has 0 radical (unpaired) electrons. The van der Waals surface area contributed by atoms with E-state index in [-0.39, 0.29) is 0 Å². The number of likely N-dealkylation sites (N-methyl/N-ethyl adjacent to an activating group) is 1. The lowest BCUT2D eigenvalue weighted by Gasteiger charge is -2.08. The SMILES string of the molecule is CCNC1Cc2cc3ccoc3cc2C1. The van der Waals surface area contributed by atoms with Crippen molar-refractivity contribution in [2.24, 2.45) is 0 Å². The average molecular weight is 201 g/mol. The molecule has 0 amide bonds. The smallest absolute Gasteiger partial charge is 0.134 e. The summed E-state index contributed by atoms with van der Waals surface area (Å²) in [5, 5.41) is 4.74. The molecule has 0 fully saturated rings. The van der Waals surface area contributed by atoms with Gasteiger partial charge in [0.25, 0.3) is 0 Å². The van der Waals surface area contributed by atoms with E-state index < -0.39 is 0 Å². The van der Waals surface area contributed by atoms with Gasteiger partial charge in [-0.3, -0.25) is 0 Å². The number of hydrogen-bond acceptors (Lipinski definition) is 2. The van der Waals surface area contributed by atoms with E-state index in [2.05, 4.69) is 24.4 Å². The molecule has 1 aliphatic rings. The van der Waals surface area contributed by atoms with E-state index in [9.17, 15) is 0 Å². The van der Waals surface area contributed by atoms with Crippen LogP contribution in [0.4, 0.5) is 0 Å². The van der Waals surface area contributed by atoms with Gasteiger partial charge in [-0.25, -0.2) is 0 Å². The van der Waals surface area contributed by atoms with Crippen LogP contribution in [0, 0.1) is 0 Å². The molecule has 0 saturated carbocycles. The molecule has 15 heavy (non-hydrogen) atoms. The van der Waals surface area contributed by atoms with E-state index in [0.29, 0.717) is 6.04 Å². The standard InChI is InChI=1S/C13H15NO/c1-2-14-12-6-10-5-9-3-4-15-13(9)8-11(10)7-12/h3-5,8,12,14H,2,6-7H2,1H3. The molecule has 3 rings (SSSR count). The minimum atomic E-state index is 0.622. The van der Waals surface area contributed by atoms with E-state index in [4.69, 9.17) is 4.42 Å². The number of hydrogen-bond donors (Lipinski definition) is 1. The topological polar surface area (TPSA) is 25.2 Å². The molecule has 1 aromatic heterocycles. The summed E-state index contributed by atoms with van der Waals surface area (Å²) in [6.07, 6.45) is 4.06. The zero-order chi connectivity index (χ0) is 10.3. The fourth-order valence-corrected chi connectivity index (χ4v) is 2.51. The second kappa shape index (κ2) is 3.38. The van der Waals surface area contributed by atoms with Gasteiger partial charge in [-0.1, -0.05) is 6.92 Å². The van der Waals surface area contributed by atoms with Gasteiger partial charge >= 0.3 is 0 Å². The highest BCUT2D eigenvalue weighted by atomic mass is 16.3. The van der Waals surface area contributed by atoms with Crippen LogP contribution in [0.15, 0.2) is 28.9 Å². The summed E-state index contributed by atoms with van der Waals surface area (Å²) in [6, 6.07) is 7.13. The van der Waals surface area contributed by atoms with Crippen LogP contribution < -0.4 is 5.32 Å². The minimum absolute atomic E-state index is 0.622. The summed E-state index contributed by atoms with van der Waals surface area (Å²) in [5.41, 5.74) is 3.95. The second-order valence-electron chi connectivity index (χ2n) is 4.24. The Morgan fingerprint density at radius 2 is 2.13 bits per heavy atom. The van der Waals surface area contributed by atoms with Crippen LogP contribution in [0.1, 0.15) is 18.1 Å². The van der Waals surface area contributed by atoms with Crippen LogP contribution in [-0.4, -0.2) is 12.6 Å². The van der Waals surface area contributed by atoms with Gasteiger partial charge in [0.1, 0.15) is 5.58 Å². The molecule has 2 heteroatoms. The Morgan fingerprint density at radius 3 is 2.93 bits per heavy atom. The largest absolute Gasteiger partial charge is 0.464 e. The van der Waals surface area contributed by atoms with Crippen molar-refractivity contribution in [1.82, 2.24) is 5.32 Å². The number of furan rings is 1. The lowest BCUT2D eigenvalue weighted by molar-refractivity contribution is 0.552. The lowest BCUT2D eigenvalue weighted by atomic mass is 10.1. The monoisotopic (exact) mass is 201 g/mol. The van der Waals surface area contributed by atoms with E-state index in [1.165, 1.54) is 16.5 Å². The highest BCUT2D eigenvalue weighted by Crippen LogP contribution is 2.28. The van der Waals surface area contributed by atoms with Gasteiger partial charge < -0.3 is 9.73 Å². The van der Waals surface area contributed by atoms with Gasteiger partial charge in [0, 0.05) is 11.4 Å². The molecule has 0 spiro atoms. The molecule has 1 aliphatic carbocycles. The Morgan fingerprint density at radius 1 is 1.33 bits per heavy atom. The Hall–Kier alpha value is -1.28. The van der Waals surface area contributed by atoms with Crippen LogP contribution in [-0.2, 0) is 12.8 Å². The van der Waals surface area contributed by atoms with Crippen molar-refractivity contribution in [3.05, 3.63) is 35.6 Å². The lowest BCUT2D eigenvalue weighted by Crippen LogP contribution is -2.28. The highest BCUT2D eigenvalue weighted by molar-refractivity contribution is 5.79. The first kappa shape index (κ1) is 8.98. The normalized spacial score (nSPS) is 19.7. The third kappa shape index (κ3) is 1.45. The van der Waals surface area contributed by atoms with E-state index in [1.54, 1.807) is 6.26 Å². The van der Waals surface area contributed by atoms with E-state index in [0.717, 1.165) is 25.0 Å². The Labute approximate surface area is 89.3 Å². The fraction of sp³-hybridized carbons (Fsp3) is 0.385. The van der Waals surface area contributed by atoms with Crippen molar-refractivity contribution in [2.75, 3.05) is 6.54 Å². The molecule has 78 valence electrons. The first-order valence-electron chi connectivity index (χ1n) is 5.59. The van der Waals surface area contributed by atoms with Crippen molar-refractivity contribution in [1.29, 1.82) is 0 Å². The molecular formula is C13H15NO. The highest BCUT2D eigenvalue weighted by Gasteiger charge is 2.21. The van der Waals surface area contributed by atoms with Gasteiger partial charge in [-0.2, -0.15) is 0 Å². The van der Waals surface area contributed by atoms with Gasteiger partial charge in [-0.05, 0) is 48.7 Å². The number of rotatable bonds is 2. The first-order valence-corrected chi connectivity index (χ1v) is 5.59. The number of benzene rings is 1. The van der Waals surface area contributed by atoms with Crippen molar-refractivity contribution < 1.29 is 4.42 Å². The number of fused-ring (bicyclic) bond motifs is 2. The van der Waals surface area contributed by atoms with Gasteiger partial charge in [-0.15, -0.1) is 0 Å². The van der Waals surface area contributed by atoms with Gasteiger partial charge in [0.15, 0.2) is 0 Å². The molecule has 0 aliphatic heterocycles.